The van der Waals surface area contributed by atoms with Crippen LogP contribution in [0.15, 0.2) is 48.7 Å². The minimum Gasteiger partial charge on any atom is -0.492 e. The van der Waals surface area contributed by atoms with Crippen molar-refractivity contribution >= 4 is 5.57 Å². The van der Waals surface area contributed by atoms with E-state index in [9.17, 15) is 13.2 Å². The van der Waals surface area contributed by atoms with Crippen molar-refractivity contribution in [3.05, 3.63) is 65.5 Å². The molecule has 5 heteroatoms. The normalized spacial score (nSPS) is 16.8. The summed E-state index contributed by atoms with van der Waals surface area (Å²) in [5.74, 6) is 0.238. The van der Waals surface area contributed by atoms with Gasteiger partial charge in [0.1, 0.15) is 5.75 Å². The molecule has 2 heterocycles. The SMILES string of the molecule is CC1(C)C=C(c2ccccn2)c2ccc(C(F)(F)F)cc2OC1. The van der Waals surface area contributed by atoms with Gasteiger partial charge in [-0.05, 0) is 30.3 Å². The Bertz CT molecular complexity index is 749. The average molecular weight is 319 g/mol. The van der Waals surface area contributed by atoms with E-state index in [-0.39, 0.29) is 11.2 Å². The van der Waals surface area contributed by atoms with Crippen LogP contribution in [0.2, 0.25) is 0 Å². The summed E-state index contributed by atoms with van der Waals surface area (Å²) >= 11 is 0. The molecule has 0 radical (unpaired) electrons. The zero-order valence-corrected chi connectivity index (χ0v) is 12.8. The Morgan fingerprint density at radius 3 is 2.57 bits per heavy atom. The molecule has 1 aromatic heterocycles. The van der Waals surface area contributed by atoms with Crippen molar-refractivity contribution in [2.45, 2.75) is 20.0 Å². The Balaban J connectivity index is 2.17. The van der Waals surface area contributed by atoms with Gasteiger partial charge >= 0.3 is 6.18 Å². The van der Waals surface area contributed by atoms with E-state index in [1.807, 2.05) is 32.1 Å². The van der Waals surface area contributed by atoms with Gasteiger partial charge in [0.05, 0.1) is 17.9 Å². The van der Waals surface area contributed by atoms with Gasteiger partial charge in [-0.1, -0.05) is 26.0 Å². The lowest BCUT2D eigenvalue weighted by Crippen LogP contribution is -2.17. The van der Waals surface area contributed by atoms with Crippen LogP contribution < -0.4 is 4.74 Å². The van der Waals surface area contributed by atoms with Crippen molar-refractivity contribution < 1.29 is 17.9 Å². The van der Waals surface area contributed by atoms with Gasteiger partial charge in [-0.3, -0.25) is 4.98 Å². The number of rotatable bonds is 1. The Labute approximate surface area is 132 Å². The van der Waals surface area contributed by atoms with Gasteiger partial charge in [-0.2, -0.15) is 13.2 Å². The Hall–Kier alpha value is -2.30. The lowest BCUT2D eigenvalue weighted by Gasteiger charge is -2.18. The molecule has 0 spiro atoms. The van der Waals surface area contributed by atoms with Crippen LogP contribution in [0, 0.1) is 5.41 Å². The number of hydrogen-bond acceptors (Lipinski definition) is 2. The second-order valence-electron chi connectivity index (χ2n) is 6.26. The predicted molar refractivity (Wildman–Crippen MR) is 82.0 cm³/mol. The topological polar surface area (TPSA) is 22.1 Å². The fourth-order valence-electron chi connectivity index (χ4n) is 2.55. The molecular weight excluding hydrogens is 303 g/mol. The number of aromatic nitrogens is 1. The van der Waals surface area contributed by atoms with Crippen molar-refractivity contribution in [3.63, 3.8) is 0 Å². The summed E-state index contributed by atoms with van der Waals surface area (Å²) in [5, 5.41) is 0. The van der Waals surface area contributed by atoms with Gasteiger partial charge in [0, 0.05) is 22.7 Å². The van der Waals surface area contributed by atoms with E-state index in [1.165, 1.54) is 6.07 Å². The molecule has 1 aliphatic heterocycles. The minimum atomic E-state index is -4.39. The lowest BCUT2D eigenvalue weighted by molar-refractivity contribution is -0.137. The summed E-state index contributed by atoms with van der Waals surface area (Å²) < 4.78 is 44.5. The maximum absolute atomic E-state index is 12.9. The highest BCUT2D eigenvalue weighted by atomic mass is 19.4. The maximum atomic E-state index is 12.9. The van der Waals surface area contributed by atoms with Crippen LogP contribution in [0.1, 0.15) is 30.7 Å². The first-order valence-corrected chi connectivity index (χ1v) is 7.25. The number of hydrogen-bond donors (Lipinski definition) is 0. The number of ether oxygens (including phenoxy) is 1. The van der Waals surface area contributed by atoms with Gasteiger partial charge in [0.25, 0.3) is 0 Å². The van der Waals surface area contributed by atoms with E-state index in [2.05, 4.69) is 4.98 Å². The first-order chi connectivity index (χ1) is 10.8. The zero-order chi connectivity index (χ0) is 16.7. The summed E-state index contributed by atoms with van der Waals surface area (Å²) in [6.45, 7) is 4.26. The quantitative estimate of drug-likeness (QED) is 0.742. The first-order valence-electron chi connectivity index (χ1n) is 7.25. The average Bonchev–Trinajstić information content (AvgIpc) is 2.63. The number of benzene rings is 1. The van der Waals surface area contributed by atoms with Crippen molar-refractivity contribution in [1.82, 2.24) is 4.98 Å². The molecule has 2 aromatic rings. The predicted octanol–water partition coefficient (Wildman–Crippen LogP) is 4.95. The van der Waals surface area contributed by atoms with E-state index in [0.29, 0.717) is 17.9 Å². The summed E-state index contributed by atoms with van der Waals surface area (Å²) in [5.41, 5.74) is 1.10. The molecule has 3 rings (SSSR count). The molecular formula is C18H16F3NO. The molecule has 1 aliphatic rings. The van der Waals surface area contributed by atoms with E-state index in [1.54, 1.807) is 12.3 Å². The summed E-state index contributed by atoms with van der Waals surface area (Å²) in [6, 6.07) is 9.10. The van der Waals surface area contributed by atoms with Crippen LogP contribution in [0.5, 0.6) is 5.75 Å². The fourth-order valence-corrected chi connectivity index (χ4v) is 2.55. The third-order valence-electron chi connectivity index (χ3n) is 3.67. The Morgan fingerprint density at radius 1 is 1.13 bits per heavy atom. The molecule has 0 saturated heterocycles. The van der Waals surface area contributed by atoms with Crippen molar-refractivity contribution in [3.8, 4) is 5.75 Å². The van der Waals surface area contributed by atoms with Crippen LogP contribution in [0.4, 0.5) is 13.2 Å². The standard InChI is InChI=1S/C18H16F3NO/c1-17(2)10-14(15-5-3-4-8-22-15)13-7-6-12(18(19,20)21)9-16(13)23-11-17/h3-10H,11H2,1-2H3. The highest BCUT2D eigenvalue weighted by Gasteiger charge is 2.33. The number of pyridine rings is 1. The highest BCUT2D eigenvalue weighted by molar-refractivity contribution is 5.82. The number of nitrogens with zero attached hydrogens (tertiary/aromatic N) is 1. The number of halogens is 3. The highest BCUT2D eigenvalue weighted by Crippen LogP contribution is 2.40. The van der Waals surface area contributed by atoms with Crippen molar-refractivity contribution in [2.75, 3.05) is 6.61 Å². The minimum absolute atomic E-state index is 0.238. The number of alkyl halides is 3. The molecule has 0 atom stereocenters. The molecule has 0 unspecified atom stereocenters. The first kappa shape index (κ1) is 15.6. The molecule has 0 bridgehead atoms. The van der Waals surface area contributed by atoms with Gasteiger partial charge in [-0.25, -0.2) is 0 Å². The van der Waals surface area contributed by atoms with Gasteiger partial charge in [0.15, 0.2) is 0 Å². The Kier molecular flexibility index (Phi) is 3.66. The molecule has 0 fully saturated rings. The third kappa shape index (κ3) is 3.23. The van der Waals surface area contributed by atoms with Gasteiger partial charge in [0.2, 0.25) is 0 Å². The summed E-state index contributed by atoms with van der Waals surface area (Å²) in [4.78, 5) is 4.33. The lowest BCUT2D eigenvalue weighted by atomic mass is 9.89. The monoisotopic (exact) mass is 319 g/mol. The largest absolute Gasteiger partial charge is 0.492 e. The molecule has 1 aromatic carbocycles. The zero-order valence-electron chi connectivity index (χ0n) is 12.8. The van der Waals surface area contributed by atoms with Crippen LogP contribution in [-0.2, 0) is 6.18 Å². The van der Waals surface area contributed by atoms with Crippen LogP contribution >= 0.6 is 0 Å². The van der Waals surface area contributed by atoms with Crippen LogP contribution in [0.25, 0.3) is 5.57 Å². The molecule has 120 valence electrons. The summed E-state index contributed by atoms with van der Waals surface area (Å²) in [7, 11) is 0. The van der Waals surface area contributed by atoms with E-state index >= 15 is 0 Å². The van der Waals surface area contributed by atoms with Crippen LogP contribution in [-0.4, -0.2) is 11.6 Å². The molecule has 2 nitrogen and oxygen atoms in total. The molecule has 0 aliphatic carbocycles. The Morgan fingerprint density at radius 2 is 1.91 bits per heavy atom. The fraction of sp³-hybridized carbons (Fsp3) is 0.278. The molecule has 23 heavy (non-hydrogen) atoms. The van der Waals surface area contributed by atoms with Gasteiger partial charge in [-0.15, -0.1) is 0 Å². The van der Waals surface area contributed by atoms with E-state index in [0.717, 1.165) is 17.7 Å². The van der Waals surface area contributed by atoms with E-state index in [4.69, 9.17) is 4.74 Å². The number of fused-ring (bicyclic) bond motifs is 1. The van der Waals surface area contributed by atoms with Crippen LogP contribution in [0.3, 0.4) is 0 Å². The summed E-state index contributed by atoms with van der Waals surface area (Å²) in [6.07, 6.45) is -0.720. The van der Waals surface area contributed by atoms with Crippen molar-refractivity contribution in [1.29, 1.82) is 0 Å². The van der Waals surface area contributed by atoms with Gasteiger partial charge < -0.3 is 4.74 Å². The molecule has 0 amide bonds. The third-order valence-corrected chi connectivity index (χ3v) is 3.67. The second kappa shape index (κ2) is 5.41. The smallest absolute Gasteiger partial charge is 0.416 e. The molecule has 0 saturated carbocycles. The molecule has 0 N–H and O–H groups in total. The van der Waals surface area contributed by atoms with Crippen molar-refractivity contribution in [2.24, 2.45) is 5.41 Å². The second-order valence-corrected chi connectivity index (χ2v) is 6.26. The van der Waals surface area contributed by atoms with E-state index < -0.39 is 11.7 Å². The maximum Gasteiger partial charge on any atom is 0.416 e.